The smallest absolute Gasteiger partial charge is 0.220 e. The van der Waals surface area contributed by atoms with Gasteiger partial charge in [0.05, 0.1) is 10.0 Å². The van der Waals surface area contributed by atoms with Crippen LogP contribution in [-0.4, -0.2) is 11.9 Å². The number of hydrogen-bond acceptors (Lipinski definition) is 1. The van der Waals surface area contributed by atoms with Gasteiger partial charge < -0.3 is 5.32 Å². The van der Waals surface area contributed by atoms with Crippen LogP contribution in [0.1, 0.15) is 32.8 Å². The van der Waals surface area contributed by atoms with E-state index in [-0.39, 0.29) is 11.9 Å². The third-order valence-electron chi connectivity index (χ3n) is 3.01. The Kier molecular flexibility index (Phi) is 5.97. The van der Waals surface area contributed by atoms with E-state index in [1.54, 1.807) is 6.07 Å². The monoisotopic (exact) mass is 287 g/mol. The molecule has 0 aliphatic rings. The van der Waals surface area contributed by atoms with Crippen molar-refractivity contribution in [1.82, 2.24) is 5.32 Å². The zero-order chi connectivity index (χ0) is 13.7. The summed E-state index contributed by atoms with van der Waals surface area (Å²) in [5.74, 6) is 0.515. The second kappa shape index (κ2) is 7.01. The second-order valence-corrected chi connectivity index (χ2v) is 5.66. The van der Waals surface area contributed by atoms with Gasteiger partial charge in [0, 0.05) is 12.5 Å². The number of rotatable bonds is 5. The average molecular weight is 288 g/mol. The van der Waals surface area contributed by atoms with Gasteiger partial charge in [-0.3, -0.25) is 4.79 Å². The lowest BCUT2D eigenvalue weighted by atomic mass is 10.1. The highest BCUT2D eigenvalue weighted by atomic mass is 35.5. The summed E-state index contributed by atoms with van der Waals surface area (Å²) < 4.78 is 0. The van der Waals surface area contributed by atoms with Crippen LogP contribution in [0.2, 0.25) is 10.0 Å². The van der Waals surface area contributed by atoms with Crippen molar-refractivity contribution in [2.75, 3.05) is 0 Å². The Bertz CT molecular complexity index is 418. The molecule has 1 unspecified atom stereocenters. The van der Waals surface area contributed by atoms with E-state index in [1.807, 2.05) is 19.1 Å². The summed E-state index contributed by atoms with van der Waals surface area (Å²) in [6.45, 7) is 6.19. The highest BCUT2D eigenvalue weighted by Gasteiger charge is 2.10. The molecule has 0 saturated heterocycles. The van der Waals surface area contributed by atoms with Gasteiger partial charge in [-0.1, -0.05) is 43.1 Å². The Hall–Kier alpha value is -0.730. The van der Waals surface area contributed by atoms with E-state index >= 15 is 0 Å². The first-order valence-electron chi connectivity index (χ1n) is 6.13. The molecular weight excluding hydrogens is 269 g/mol. The van der Waals surface area contributed by atoms with Crippen LogP contribution in [0.5, 0.6) is 0 Å². The number of nitrogens with one attached hydrogen (secondary N) is 1. The molecule has 0 heterocycles. The number of hydrogen-bond donors (Lipinski definition) is 1. The molecule has 1 atom stereocenters. The van der Waals surface area contributed by atoms with Crippen molar-refractivity contribution in [3.05, 3.63) is 33.8 Å². The molecular formula is C14H19Cl2NO. The largest absolute Gasteiger partial charge is 0.353 e. The van der Waals surface area contributed by atoms with Crippen LogP contribution in [0.3, 0.4) is 0 Å². The highest BCUT2D eigenvalue weighted by molar-refractivity contribution is 6.42. The molecule has 2 nitrogen and oxygen atoms in total. The molecule has 0 aliphatic heterocycles. The number of carbonyl (C=O) groups excluding carboxylic acids is 1. The fourth-order valence-electron chi connectivity index (χ4n) is 1.45. The van der Waals surface area contributed by atoms with Crippen LogP contribution in [0, 0.1) is 5.92 Å². The van der Waals surface area contributed by atoms with Crippen LogP contribution >= 0.6 is 23.2 Å². The van der Waals surface area contributed by atoms with E-state index in [0.717, 1.165) is 5.56 Å². The fraction of sp³-hybridized carbons (Fsp3) is 0.500. The summed E-state index contributed by atoms with van der Waals surface area (Å²) in [6.07, 6.45) is 1.14. The standard InChI is InChI=1S/C14H19Cl2NO/c1-9(2)10(3)17-14(18)7-5-11-4-6-12(15)13(16)8-11/h4,6,8-10H,5,7H2,1-3H3,(H,17,18). The molecule has 0 saturated carbocycles. The Morgan fingerprint density at radius 3 is 2.44 bits per heavy atom. The molecule has 1 aromatic rings. The van der Waals surface area contributed by atoms with Gasteiger partial charge in [-0.05, 0) is 37.0 Å². The van der Waals surface area contributed by atoms with Crippen LogP contribution in [0.15, 0.2) is 18.2 Å². The quantitative estimate of drug-likeness (QED) is 0.868. The number of carbonyl (C=O) groups is 1. The van der Waals surface area contributed by atoms with Crippen LogP contribution in [0.25, 0.3) is 0 Å². The maximum atomic E-state index is 11.7. The molecule has 0 radical (unpaired) electrons. The Morgan fingerprint density at radius 1 is 1.22 bits per heavy atom. The van der Waals surface area contributed by atoms with Crippen molar-refractivity contribution in [2.45, 2.75) is 39.7 Å². The summed E-state index contributed by atoms with van der Waals surface area (Å²) in [4.78, 5) is 11.7. The number of aryl methyl sites for hydroxylation is 1. The van der Waals surface area contributed by atoms with Gasteiger partial charge >= 0.3 is 0 Å². The number of benzene rings is 1. The Balaban J connectivity index is 2.45. The van der Waals surface area contributed by atoms with Crippen LogP contribution in [-0.2, 0) is 11.2 Å². The lowest BCUT2D eigenvalue weighted by molar-refractivity contribution is -0.121. The first-order valence-corrected chi connectivity index (χ1v) is 6.89. The van der Waals surface area contributed by atoms with Gasteiger partial charge in [0.25, 0.3) is 0 Å². The minimum Gasteiger partial charge on any atom is -0.353 e. The number of halogens is 2. The summed E-state index contributed by atoms with van der Waals surface area (Å²) in [5, 5.41) is 4.05. The molecule has 4 heteroatoms. The predicted octanol–water partition coefficient (Wildman–Crippen LogP) is 4.09. The molecule has 1 rings (SSSR count). The molecule has 1 amide bonds. The van der Waals surface area contributed by atoms with E-state index in [2.05, 4.69) is 19.2 Å². The normalized spacial score (nSPS) is 12.6. The molecule has 0 aromatic heterocycles. The topological polar surface area (TPSA) is 29.1 Å². The molecule has 1 N–H and O–H groups in total. The lowest BCUT2D eigenvalue weighted by Gasteiger charge is -2.17. The molecule has 0 fully saturated rings. The van der Waals surface area contributed by atoms with Crippen molar-refractivity contribution in [3.8, 4) is 0 Å². The van der Waals surface area contributed by atoms with Gasteiger partial charge in [0.1, 0.15) is 0 Å². The Morgan fingerprint density at radius 2 is 1.89 bits per heavy atom. The SMILES string of the molecule is CC(C)C(C)NC(=O)CCc1ccc(Cl)c(Cl)c1. The second-order valence-electron chi connectivity index (χ2n) is 4.85. The van der Waals surface area contributed by atoms with Crippen LogP contribution in [0.4, 0.5) is 0 Å². The van der Waals surface area contributed by atoms with Gasteiger partial charge in [-0.15, -0.1) is 0 Å². The lowest BCUT2D eigenvalue weighted by Crippen LogP contribution is -2.36. The highest BCUT2D eigenvalue weighted by Crippen LogP contribution is 2.23. The fourth-order valence-corrected chi connectivity index (χ4v) is 1.77. The van der Waals surface area contributed by atoms with E-state index in [1.165, 1.54) is 0 Å². The zero-order valence-electron chi connectivity index (χ0n) is 11.0. The molecule has 0 spiro atoms. The molecule has 0 aliphatic carbocycles. The maximum Gasteiger partial charge on any atom is 0.220 e. The van der Waals surface area contributed by atoms with Gasteiger partial charge in [0.2, 0.25) is 5.91 Å². The van der Waals surface area contributed by atoms with E-state index in [0.29, 0.717) is 28.8 Å². The predicted molar refractivity (Wildman–Crippen MR) is 77.2 cm³/mol. The average Bonchev–Trinajstić information content (AvgIpc) is 2.30. The van der Waals surface area contributed by atoms with Crippen LogP contribution < -0.4 is 5.32 Å². The zero-order valence-corrected chi connectivity index (χ0v) is 12.5. The van der Waals surface area contributed by atoms with Crippen molar-refractivity contribution in [1.29, 1.82) is 0 Å². The summed E-state index contributed by atoms with van der Waals surface area (Å²) in [5.41, 5.74) is 1.02. The molecule has 18 heavy (non-hydrogen) atoms. The first-order chi connectivity index (χ1) is 8.40. The molecule has 0 bridgehead atoms. The first kappa shape index (κ1) is 15.3. The third kappa shape index (κ3) is 4.87. The summed E-state index contributed by atoms with van der Waals surface area (Å²) >= 11 is 11.8. The van der Waals surface area contributed by atoms with Crippen molar-refractivity contribution >= 4 is 29.1 Å². The van der Waals surface area contributed by atoms with E-state index < -0.39 is 0 Å². The maximum absolute atomic E-state index is 11.7. The molecule has 1 aromatic carbocycles. The summed E-state index contributed by atoms with van der Waals surface area (Å²) in [6, 6.07) is 5.66. The van der Waals surface area contributed by atoms with E-state index in [4.69, 9.17) is 23.2 Å². The van der Waals surface area contributed by atoms with Crippen molar-refractivity contribution in [3.63, 3.8) is 0 Å². The minimum atomic E-state index is 0.0715. The minimum absolute atomic E-state index is 0.0715. The van der Waals surface area contributed by atoms with Crippen molar-refractivity contribution in [2.24, 2.45) is 5.92 Å². The van der Waals surface area contributed by atoms with Gasteiger partial charge in [-0.25, -0.2) is 0 Å². The summed E-state index contributed by atoms with van der Waals surface area (Å²) in [7, 11) is 0. The molecule has 100 valence electrons. The van der Waals surface area contributed by atoms with Gasteiger partial charge in [-0.2, -0.15) is 0 Å². The van der Waals surface area contributed by atoms with E-state index in [9.17, 15) is 4.79 Å². The Labute approximate surface area is 119 Å². The third-order valence-corrected chi connectivity index (χ3v) is 3.75. The van der Waals surface area contributed by atoms with Gasteiger partial charge in [0.15, 0.2) is 0 Å². The van der Waals surface area contributed by atoms with Crippen molar-refractivity contribution < 1.29 is 4.79 Å². The number of amides is 1.